The van der Waals surface area contributed by atoms with Crippen LogP contribution < -0.4 is 0 Å². The van der Waals surface area contributed by atoms with E-state index in [4.69, 9.17) is 39.9 Å². The van der Waals surface area contributed by atoms with Crippen molar-refractivity contribution in [1.29, 1.82) is 0 Å². The van der Waals surface area contributed by atoms with Gasteiger partial charge in [-0.2, -0.15) is 4.98 Å². The number of hydrogen-bond donors (Lipinski definition) is 1. The highest BCUT2D eigenvalue weighted by molar-refractivity contribution is 7.71. The molecule has 8 heteroatoms. The van der Waals surface area contributed by atoms with Crippen LogP contribution in [0.4, 0.5) is 0 Å². The van der Waals surface area contributed by atoms with Crippen molar-refractivity contribution in [2.75, 3.05) is 0 Å². The van der Waals surface area contributed by atoms with Crippen LogP contribution in [-0.4, -0.2) is 19.7 Å². The lowest BCUT2D eigenvalue weighted by Gasteiger charge is -2.03. The highest BCUT2D eigenvalue weighted by Gasteiger charge is 2.09. The Hall–Kier alpha value is -1.37. The van der Waals surface area contributed by atoms with Gasteiger partial charge in [-0.05, 0) is 24.4 Å². The summed E-state index contributed by atoms with van der Waals surface area (Å²) in [5.41, 5.74) is 1.76. The van der Waals surface area contributed by atoms with Crippen molar-refractivity contribution in [3.05, 3.63) is 38.7 Å². The molecule has 0 spiro atoms. The summed E-state index contributed by atoms with van der Waals surface area (Å²) in [5, 5.41) is 4.86. The van der Waals surface area contributed by atoms with E-state index >= 15 is 0 Å². The zero-order valence-corrected chi connectivity index (χ0v) is 12.8. The van der Waals surface area contributed by atoms with E-state index in [0.29, 0.717) is 39.5 Å². The average molecular weight is 329 g/mol. The van der Waals surface area contributed by atoms with Crippen LogP contribution in [0.1, 0.15) is 11.7 Å². The number of aromatic nitrogens is 4. The lowest BCUT2D eigenvalue weighted by Crippen LogP contribution is -2.02. The van der Waals surface area contributed by atoms with Crippen molar-refractivity contribution in [1.82, 2.24) is 19.7 Å². The van der Waals surface area contributed by atoms with E-state index in [9.17, 15) is 0 Å². The van der Waals surface area contributed by atoms with Crippen molar-refractivity contribution in [2.24, 2.45) is 0 Å². The monoisotopic (exact) mass is 328 g/mol. The fourth-order valence-corrected chi connectivity index (χ4v) is 2.65. The van der Waals surface area contributed by atoms with Gasteiger partial charge in [0.25, 0.3) is 0 Å². The quantitative estimate of drug-likeness (QED) is 0.740. The summed E-state index contributed by atoms with van der Waals surface area (Å²) in [6.07, 6.45) is 0.624. The summed E-state index contributed by atoms with van der Waals surface area (Å²) in [4.78, 5) is 7.28. The molecule has 2 heterocycles. The summed E-state index contributed by atoms with van der Waals surface area (Å²) in [6.45, 7) is 2.39. The van der Waals surface area contributed by atoms with Gasteiger partial charge in [0.2, 0.25) is 5.89 Å². The standard InChI is InChI=1S/C12H10Cl2N4OS/c1-6-15-11(17-19-6)2-3-18-10-5-8(14)7(13)4-9(10)16-12(18)20/h4-5H,2-3H2,1H3,(H,16,20). The molecule has 0 aliphatic carbocycles. The number of H-pyrrole nitrogens is 1. The maximum atomic E-state index is 6.06. The molecule has 0 fully saturated rings. The molecule has 20 heavy (non-hydrogen) atoms. The molecule has 3 aromatic rings. The van der Waals surface area contributed by atoms with Crippen LogP contribution in [0.3, 0.4) is 0 Å². The van der Waals surface area contributed by atoms with Crippen LogP contribution in [0.15, 0.2) is 16.7 Å². The number of rotatable bonds is 3. The lowest BCUT2D eigenvalue weighted by atomic mass is 10.3. The van der Waals surface area contributed by atoms with E-state index < -0.39 is 0 Å². The van der Waals surface area contributed by atoms with Crippen LogP contribution in [0.5, 0.6) is 0 Å². The molecule has 0 aliphatic rings. The number of hydrogen-bond acceptors (Lipinski definition) is 4. The van der Waals surface area contributed by atoms with Crippen molar-refractivity contribution in [3.63, 3.8) is 0 Å². The van der Waals surface area contributed by atoms with Gasteiger partial charge < -0.3 is 14.1 Å². The molecule has 0 radical (unpaired) electrons. The number of benzene rings is 1. The molecule has 0 bridgehead atoms. The third-order valence-corrected chi connectivity index (χ3v) is 3.99. The van der Waals surface area contributed by atoms with Gasteiger partial charge in [-0.3, -0.25) is 0 Å². The minimum atomic E-state index is 0.497. The first kappa shape index (κ1) is 13.6. The second kappa shape index (κ2) is 5.20. The van der Waals surface area contributed by atoms with Crippen molar-refractivity contribution < 1.29 is 4.52 Å². The Labute approximate surface area is 129 Å². The SMILES string of the molecule is Cc1nc(CCn2c(=S)[nH]c3cc(Cl)c(Cl)cc32)no1. The second-order valence-corrected chi connectivity index (χ2v) is 5.55. The molecule has 5 nitrogen and oxygen atoms in total. The fourth-order valence-electron chi connectivity index (χ4n) is 2.03. The largest absolute Gasteiger partial charge is 0.340 e. The van der Waals surface area contributed by atoms with Crippen molar-refractivity contribution >= 4 is 46.5 Å². The zero-order chi connectivity index (χ0) is 14.3. The van der Waals surface area contributed by atoms with Crippen LogP contribution in [0.2, 0.25) is 10.0 Å². The summed E-state index contributed by atoms with van der Waals surface area (Å²) < 4.78 is 7.50. The van der Waals surface area contributed by atoms with Gasteiger partial charge in [-0.15, -0.1) is 0 Å². The number of nitrogens with zero attached hydrogens (tertiary/aromatic N) is 3. The normalized spacial score (nSPS) is 11.3. The molecule has 0 saturated heterocycles. The molecule has 0 saturated carbocycles. The maximum Gasteiger partial charge on any atom is 0.223 e. The third-order valence-electron chi connectivity index (χ3n) is 2.94. The Morgan fingerprint density at radius 1 is 1.35 bits per heavy atom. The lowest BCUT2D eigenvalue weighted by molar-refractivity contribution is 0.386. The first-order valence-electron chi connectivity index (χ1n) is 5.91. The molecular weight excluding hydrogens is 319 g/mol. The smallest absolute Gasteiger partial charge is 0.223 e. The number of aryl methyl sites for hydroxylation is 3. The first-order valence-corrected chi connectivity index (χ1v) is 7.08. The van der Waals surface area contributed by atoms with E-state index in [1.807, 2.05) is 4.57 Å². The van der Waals surface area contributed by atoms with Crippen LogP contribution >= 0.6 is 35.4 Å². The van der Waals surface area contributed by atoms with Crippen molar-refractivity contribution in [3.8, 4) is 0 Å². The first-order chi connectivity index (χ1) is 9.54. The van der Waals surface area contributed by atoms with Crippen LogP contribution in [-0.2, 0) is 13.0 Å². The molecule has 1 aromatic carbocycles. The molecule has 2 aromatic heterocycles. The van der Waals surface area contributed by atoms with Gasteiger partial charge in [0.05, 0.1) is 21.1 Å². The minimum absolute atomic E-state index is 0.497. The van der Waals surface area contributed by atoms with E-state index in [-0.39, 0.29) is 0 Å². The van der Waals surface area contributed by atoms with E-state index in [1.54, 1.807) is 19.1 Å². The highest BCUT2D eigenvalue weighted by Crippen LogP contribution is 2.27. The van der Waals surface area contributed by atoms with Crippen LogP contribution in [0, 0.1) is 11.7 Å². The minimum Gasteiger partial charge on any atom is -0.340 e. The number of aromatic amines is 1. The Bertz CT molecular complexity index is 836. The van der Waals surface area contributed by atoms with Gasteiger partial charge in [-0.25, -0.2) is 0 Å². The van der Waals surface area contributed by atoms with Gasteiger partial charge >= 0.3 is 0 Å². The van der Waals surface area contributed by atoms with Gasteiger partial charge in [0, 0.05) is 19.9 Å². The van der Waals surface area contributed by atoms with Crippen LogP contribution in [0.25, 0.3) is 11.0 Å². The van der Waals surface area contributed by atoms with Crippen molar-refractivity contribution in [2.45, 2.75) is 19.9 Å². The Kier molecular flexibility index (Phi) is 3.54. The number of nitrogens with one attached hydrogen (secondary N) is 1. The summed E-state index contributed by atoms with van der Waals surface area (Å²) in [5.74, 6) is 1.20. The van der Waals surface area contributed by atoms with E-state index in [1.165, 1.54) is 0 Å². The molecule has 1 N–H and O–H groups in total. The maximum absolute atomic E-state index is 6.06. The summed E-state index contributed by atoms with van der Waals surface area (Å²) in [6, 6.07) is 3.57. The molecule has 0 unspecified atom stereocenters. The Balaban J connectivity index is 1.96. The van der Waals surface area contributed by atoms with Gasteiger partial charge in [0.1, 0.15) is 0 Å². The van der Waals surface area contributed by atoms with Gasteiger partial charge in [0.15, 0.2) is 10.6 Å². The predicted octanol–water partition coefficient (Wildman–Crippen LogP) is 3.94. The summed E-state index contributed by atoms with van der Waals surface area (Å²) >= 11 is 17.4. The molecule has 104 valence electrons. The van der Waals surface area contributed by atoms with E-state index in [2.05, 4.69) is 15.1 Å². The van der Waals surface area contributed by atoms with Gasteiger partial charge in [-0.1, -0.05) is 28.4 Å². The average Bonchev–Trinajstić information content (AvgIpc) is 2.92. The number of halogens is 2. The molecule has 0 aliphatic heterocycles. The second-order valence-electron chi connectivity index (χ2n) is 4.34. The molecule has 0 amide bonds. The number of imidazole rings is 1. The fraction of sp³-hybridized carbons (Fsp3) is 0.250. The topological polar surface area (TPSA) is 59.6 Å². The molecule has 0 atom stereocenters. The zero-order valence-electron chi connectivity index (χ0n) is 10.5. The Morgan fingerprint density at radius 3 is 2.80 bits per heavy atom. The summed E-state index contributed by atoms with van der Waals surface area (Å²) in [7, 11) is 0. The Morgan fingerprint density at radius 2 is 2.10 bits per heavy atom. The number of fused-ring (bicyclic) bond motifs is 1. The predicted molar refractivity (Wildman–Crippen MR) is 79.9 cm³/mol. The molecular formula is C12H10Cl2N4OS. The highest BCUT2D eigenvalue weighted by atomic mass is 35.5. The molecule has 3 rings (SSSR count). The third kappa shape index (κ3) is 2.46. The van der Waals surface area contributed by atoms with E-state index in [0.717, 1.165) is 11.0 Å².